The maximum Gasteiger partial charge on any atom is 2.00 e. The van der Waals surface area contributed by atoms with Crippen molar-refractivity contribution < 1.29 is 422 Å². The molecule has 0 saturated heterocycles. The number of hydrogen-bond donors (Lipinski definition) is 8. The second kappa shape index (κ2) is 94.7. The minimum Gasteiger partial charge on any atom is -1.00 e. The molecule has 254 valence electrons. The van der Waals surface area contributed by atoms with E-state index in [0.717, 1.165) is 6.92 Å². The topological polar surface area (TPSA) is 566 Å². The van der Waals surface area contributed by atoms with Crippen LogP contribution in [0.2, 0.25) is 0 Å². The number of carboxylic acid groups (broad SMARTS) is 2. The van der Waals surface area contributed by atoms with Gasteiger partial charge in [0.2, 0.25) is 0 Å². The van der Waals surface area contributed by atoms with Gasteiger partial charge in [-0.25, -0.2) is 0 Å². The fourth-order valence-corrected chi connectivity index (χ4v) is 0.662. The number of hydrogen-bond acceptors (Lipinski definition) is 14. The van der Waals surface area contributed by atoms with Gasteiger partial charge in [0.1, 0.15) is 24.4 Å². The monoisotopic (exact) mass is 930 g/mol. The van der Waals surface area contributed by atoms with Crippen LogP contribution in [0.5, 0.6) is 0 Å². The summed E-state index contributed by atoms with van der Waals surface area (Å²) in [5.41, 5.74) is 0. The van der Waals surface area contributed by atoms with Crippen LogP contribution in [0.1, 0.15) is 6.92 Å². The number of rotatable bonds is 5. The van der Waals surface area contributed by atoms with E-state index in [2.05, 4.69) is 0 Å². The molecule has 46 heavy (non-hydrogen) atoms. The van der Waals surface area contributed by atoms with Crippen LogP contribution in [0, 0.1) is 0 Å². The third kappa shape index (κ3) is 197. The van der Waals surface area contributed by atoms with Crippen molar-refractivity contribution in [2.75, 3.05) is 6.61 Å². The van der Waals surface area contributed by atoms with Crippen molar-refractivity contribution in [2.24, 2.45) is 0 Å². The Morgan fingerprint density at radius 1 is 0.630 bits per heavy atom. The number of halogens is 4. The Hall–Kier alpha value is 8.88. The van der Waals surface area contributed by atoms with Crippen molar-refractivity contribution in [1.82, 2.24) is 0 Å². The molecule has 22 N–H and O–H groups in total. The zero-order chi connectivity index (χ0) is 23.2. The summed E-state index contributed by atoms with van der Waals surface area (Å²) in [5, 5.41) is 62.3. The van der Waals surface area contributed by atoms with Crippen LogP contribution < -0.4 is 325 Å². The number of carbonyl (C=O) groups is 2. The van der Waals surface area contributed by atoms with E-state index >= 15 is 0 Å². The van der Waals surface area contributed by atoms with Crippen molar-refractivity contribution in [1.29, 1.82) is 0 Å². The number of carboxylic acids is 2. The van der Waals surface area contributed by atoms with E-state index in [9.17, 15) is 9.90 Å². The van der Waals surface area contributed by atoms with Crippen LogP contribution in [0.15, 0.2) is 0 Å². The molecule has 0 aromatic carbocycles. The Morgan fingerprint density at radius 2 is 0.761 bits per heavy atom. The second-order valence-electron chi connectivity index (χ2n) is 3.95. The van der Waals surface area contributed by atoms with Crippen LogP contribution in [-0.2, 0) is 18.7 Å². The Kier molecular flexibility index (Phi) is 323. The molecular weight excluding hydrogens is 901 g/mol. The number of carbonyl (C=O) groups excluding carboxylic acids is 2. The SMILES string of the molecule is CC(=O)[O-].O.O.O.O.O.O.O.O=C([O-])[C@H](O)[C@@H](O)[C@H](O)[C@H](O)CO.O=P([O-])(O)O.O=P([O-])([O-])O.[Cl-].[Cl-].[Cl-].[Cl-].[K+].[K+].[Mg+2].[Na+].[Na+].[Na+].[Na+].[Na+]. The van der Waals surface area contributed by atoms with Gasteiger partial charge in [-0.1, -0.05) is 0 Å². The molecule has 38 heteroatoms. The molecule has 0 amide bonds. The summed E-state index contributed by atoms with van der Waals surface area (Å²) < 4.78 is 17.4. The molecule has 0 fully saturated rings. The average Bonchev–Trinajstić information content (AvgIpc) is 2.39. The van der Waals surface area contributed by atoms with Gasteiger partial charge in [0, 0.05) is 5.97 Å². The number of aliphatic hydroxyl groups excluding tert-OH is 5. The van der Waals surface area contributed by atoms with Gasteiger partial charge in [-0.15, -0.1) is 0 Å². The third-order valence-electron chi connectivity index (χ3n) is 1.50. The van der Waals surface area contributed by atoms with Gasteiger partial charge in [-0.05, 0) is 6.92 Å². The van der Waals surface area contributed by atoms with Crippen molar-refractivity contribution in [3.63, 3.8) is 0 Å². The summed E-state index contributed by atoms with van der Waals surface area (Å²) in [5.74, 6) is -3.06. The second-order valence-corrected chi connectivity index (χ2v) is 5.86. The van der Waals surface area contributed by atoms with Crippen molar-refractivity contribution in [2.45, 2.75) is 31.3 Å². The van der Waals surface area contributed by atoms with Gasteiger partial charge < -0.3 is 167 Å². The summed E-state index contributed by atoms with van der Waals surface area (Å²) in [6.45, 7) is 0.109. The zero-order valence-corrected chi connectivity index (χ0v) is 48.4. The first kappa shape index (κ1) is 157. The molecule has 0 radical (unpaired) electrons. The van der Waals surface area contributed by atoms with E-state index in [-0.39, 0.29) is 362 Å². The maximum absolute atomic E-state index is 9.98. The van der Waals surface area contributed by atoms with Gasteiger partial charge in [-0.3, -0.25) is 4.57 Å². The van der Waals surface area contributed by atoms with E-state index in [4.69, 9.17) is 73.9 Å². The molecule has 0 aliphatic rings. The van der Waals surface area contributed by atoms with E-state index < -0.39 is 58.6 Å². The van der Waals surface area contributed by atoms with Crippen molar-refractivity contribution >= 4 is 50.6 Å². The first-order valence-electron chi connectivity index (χ1n) is 5.88. The van der Waals surface area contributed by atoms with Crippen LogP contribution in [0.25, 0.3) is 0 Å². The molecule has 0 bridgehead atoms. The van der Waals surface area contributed by atoms with Crippen molar-refractivity contribution in [3.8, 4) is 0 Å². The van der Waals surface area contributed by atoms with Crippen LogP contribution in [0.4, 0.5) is 0 Å². The average molecular weight is 933 g/mol. The van der Waals surface area contributed by atoms with Gasteiger partial charge in [0.25, 0.3) is 7.82 Å². The molecule has 0 unspecified atom stereocenters. The first-order chi connectivity index (χ1) is 11.6. The molecule has 0 saturated carbocycles. The molecular formula is C8H31Cl4K2MgNa5O24P2. The minimum absolute atomic E-state index is 0. The summed E-state index contributed by atoms with van der Waals surface area (Å²) in [4.78, 5) is 66.1. The quantitative estimate of drug-likeness (QED) is 0.0937. The molecule has 0 aromatic heterocycles. The minimum atomic E-state index is -5.14. The molecule has 0 heterocycles. The molecule has 0 aliphatic heterocycles. The van der Waals surface area contributed by atoms with Crippen molar-refractivity contribution in [3.05, 3.63) is 0 Å². The summed E-state index contributed by atoms with van der Waals surface area (Å²) in [6.07, 6.45) is -8.08. The van der Waals surface area contributed by atoms with Crippen LogP contribution >= 0.6 is 15.6 Å². The predicted octanol–water partition coefficient (Wildman–Crippen LogP) is -48.9. The Balaban J connectivity index is -0.00000000690. The molecule has 4 atom stereocenters. The van der Waals surface area contributed by atoms with Crippen LogP contribution in [-0.4, -0.2) is 145 Å². The molecule has 24 nitrogen and oxygen atoms in total. The number of aliphatic carboxylic acids is 2. The number of aliphatic hydroxyl groups is 5. The van der Waals surface area contributed by atoms with E-state index in [1.54, 1.807) is 0 Å². The smallest absolute Gasteiger partial charge is 1.00 e. The summed E-state index contributed by atoms with van der Waals surface area (Å²) >= 11 is 0. The third-order valence-corrected chi connectivity index (χ3v) is 1.50. The van der Waals surface area contributed by atoms with Crippen LogP contribution in [0.3, 0.4) is 0 Å². The standard InChI is InChI=1S/C6H12O7.C2H4O2.4ClH.2K.Mg.5Na.2H3O4P.7H2O/c7-1-2(8)3(9)4(10)5(11)6(12)13;1-2(3)4;;;;;;;;;;;;;2*1-5(2,3)4;;;;;;;/h2-5,7-11H,1H2,(H,12,13);1H3,(H,3,4);4*1H;;;;;;;;;2*(H3,1,2,3,4);7*1H2/q;;;;;;2*+1;+2;5*+1;;;;;;;;;/p-9/t2-,3-,4+,5-;;;;;;;;;;;;;;;;;;;;;;/m1....................../s1. The molecule has 0 rings (SSSR count). The fraction of sp³-hybridized carbons (Fsp3) is 0.750. The molecule has 0 aromatic rings. The van der Waals surface area contributed by atoms with Gasteiger partial charge in [0.15, 0.2) is 0 Å². The van der Waals surface area contributed by atoms with E-state index in [1.807, 2.05) is 0 Å². The first-order valence-corrected chi connectivity index (χ1v) is 8.90. The largest absolute Gasteiger partial charge is 2.00 e. The van der Waals surface area contributed by atoms with Gasteiger partial charge in [-0.2, -0.15) is 0 Å². The number of phosphoric acid groups is 2. The normalized spacial score (nSPS) is 8.87. The van der Waals surface area contributed by atoms with Gasteiger partial charge in [0.05, 0.1) is 20.4 Å². The Morgan fingerprint density at radius 3 is 0.848 bits per heavy atom. The molecule has 0 spiro atoms. The van der Waals surface area contributed by atoms with Gasteiger partial charge >= 0.3 is 274 Å². The molecule has 0 aliphatic carbocycles. The summed E-state index contributed by atoms with van der Waals surface area (Å²) in [6, 6.07) is 0. The Labute approximate surface area is 499 Å². The maximum atomic E-state index is 9.98. The summed E-state index contributed by atoms with van der Waals surface area (Å²) in [7, 11) is -10.0. The van der Waals surface area contributed by atoms with E-state index in [0.29, 0.717) is 0 Å². The predicted molar refractivity (Wildman–Crippen MR) is 99.7 cm³/mol. The fourth-order valence-electron chi connectivity index (χ4n) is 0.662. The zero-order valence-electron chi connectivity index (χ0n) is 25.9. The Bertz CT molecular complexity index is 518. The van der Waals surface area contributed by atoms with E-state index in [1.165, 1.54) is 0 Å².